The van der Waals surface area contributed by atoms with Crippen LogP contribution in [0.15, 0.2) is 0 Å². The molecule has 0 rings (SSSR count). The molecular formula is C11H25NO3. The van der Waals surface area contributed by atoms with Gasteiger partial charge < -0.3 is 20.3 Å². The number of hydrogen-bond donors (Lipinski definition) is 2. The Hall–Kier alpha value is -0.160. The molecule has 0 aliphatic rings. The molecule has 0 saturated carbocycles. The lowest BCUT2D eigenvalue weighted by Crippen LogP contribution is -2.50. The molecule has 0 bridgehead atoms. The van der Waals surface area contributed by atoms with Gasteiger partial charge in [0.2, 0.25) is 0 Å². The Labute approximate surface area is 92.7 Å². The minimum Gasteiger partial charge on any atom is -0.389 e. The van der Waals surface area contributed by atoms with Crippen molar-refractivity contribution < 1.29 is 14.6 Å². The third-order valence-electron chi connectivity index (χ3n) is 3.62. The lowest BCUT2D eigenvalue weighted by Gasteiger charge is -2.42. The molecule has 15 heavy (non-hydrogen) atoms. The van der Waals surface area contributed by atoms with Gasteiger partial charge in [0.05, 0.1) is 5.60 Å². The van der Waals surface area contributed by atoms with E-state index < -0.39 is 11.9 Å². The molecule has 2 unspecified atom stereocenters. The molecule has 0 aromatic rings. The molecule has 0 aromatic carbocycles. The van der Waals surface area contributed by atoms with Crippen LogP contribution >= 0.6 is 0 Å². The molecule has 0 spiro atoms. The van der Waals surface area contributed by atoms with Gasteiger partial charge in [0, 0.05) is 32.6 Å². The summed E-state index contributed by atoms with van der Waals surface area (Å²) in [7, 11) is 3.13. The van der Waals surface area contributed by atoms with Gasteiger partial charge in [-0.25, -0.2) is 0 Å². The fraction of sp³-hybridized carbons (Fsp3) is 1.00. The Kier molecular flexibility index (Phi) is 5.73. The average Bonchev–Trinajstić information content (AvgIpc) is 2.24. The van der Waals surface area contributed by atoms with E-state index in [4.69, 9.17) is 15.2 Å². The van der Waals surface area contributed by atoms with Gasteiger partial charge in [-0.3, -0.25) is 0 Å². The third kappa shape index (κ3) is 3.41. The summed E-state index contributed by atoms with van der Waals surface area (Å²) in [4.78, 5) is 0. The molecule has 4 nitrogen and oxygen atoms in total. The molecule has 0 aliphatic carbocycles. The summed E-state index contributed by atoms with van der Waals surface area (Å²) in [6.07, 6.45) is 0.843. The largest absolute Gasteiger partial charge is 0.389 e. The first kappa shape index (κ1) is 14.8. The van der Waals surface area contributed by atoms with Crippen LogP contribution in [0.3, 0.4) is 0 Å². The molecule has 0 aliphatic heterocycles. The zero-order valence-corrected chi connectivity index (χ0v) is 10.5. The zero-order chi connectivity index (χ0) is 12.1. The number of nitrogens with two attached hydrogens (primary N) is 1. The Morgan fingerprint density at radius 2 is 1.73 bits per heavy atom. The van der Waals surface area contributed by atoms with E-state index in [0.717, 1.165) is 6.42 Å². The highest BCUT2D eigenvalue weighted by Gasteiger charge is 2.42. The molecule has 3 N–H and O–H groups in total. The molecule has 2 atom stereocenters. The lowest BCUT2D eigenvalue weighted by molar-refractivity contribution is -0.167. The van der Waals surface area contributed by atoms with Gasteiger partial charge in [-0.15, -0.1) is 0 Å². The number of methoxy groups -OCH3 is 2. The highest BCUT2D eigenvalue weighted by molar-refractivity contribution is 4.93. The first-order valence-electron chi connectivity index (χ1n) is 5.35. The fourth-order valence-corrected chi connectivity index (χ4v) is 1.58. The number of rotatable bonds is 7. The minimum absolute atomic E-state index is 0.317. The second kappa shape index (κ2) is 5.80. The Balaban J connectivity index is 4.64. The van der Waals surface area contributed by atoms with Crippen molar-refractivity contribution in [3.8, 4) is 0 Å². The predicted molar refractivity (Wildman–Crippen MR) is 60.5 cm³/mol. The van der Waals surface area contributed by atoms with E-state index in [1.54, 1.807) is 21.1 Å². The van der Waals surface area contributed by atoms with E-state index in [0.29, 0.717) is 13.0 Å². The zero-order valence-electron chi connectivity index (χ0n) is 10.5. The van der Waals surface area contributed by atoms with Gasteiger partial charge in [0.15, 0.2) is 6.29 Å². The number of aliphatic hydroxyl groups is 1. The molecule has 0 fully saturated rings. The molecule has 4 heteroatoms. The average molecular weight is 219 g/mol. The maximum absolute atomic E-state index is 10.4. The van der Waals surface area contributed by atoms with E-state index in [1.807, 2.05) is 13.8 Å². The van der Waals surface area contributed by atoms with Gasteiger partial charge in [-0.1, -0.05) is 13.8 Å². The van der Waals surface area contributed by atoms with Crippen molar-refractivity contribution in [1.29, 1.82) is 0 Å². The van der Waals surface area contributed by atoms with Crippen LogP contribution in [0.4, 0.5) is 0 Å². The van der Waals surface area contributed by atoms with Crippen LogP contribution < -0.4 is 5.73 Å². The second-order valence-corrected chi connectivity index (χ2v) is 4.50. The maximum Gasteiger partial charge on any atom is 0.159 e. The van der Waals surface area contributed by atoms with Crippen molar-refractivity contribution >= 4 is 0 Å². The molecule has 0 aromatic heterocycles. The van der Waals surface area contributed by atoms with E-state index in [-0.39, 0.29) is 5.41 Å². The summed E-state index contributed by atoms with van der Waals surface area (Å²) in [5, 5.41) is 10.4. The van der Waals surface area contributed by atoms with E-state index in [9.17, 15) is 5.11 Å². The van der Waals surface area contributed by atoms with Crippen LogP contribution in [0.2, 0.25) is 0 Å². The van der Waals surface area contributed by atoms with Crippen LogP contribution in [-0.4, -0.2) is 37.8 Å². The Morgan fingerprint density at radius 3 is 2.00 bits per heavy atom. The van der Waals surface area contributed by atoms with Crippen molar-refractivity contribution in [1.82, 2.24) is 0 Å². The van der Waals surface area contributed by atoms with E-state index in [1.165, 1.54) is 0 Å². The van der Waals surface area contributed by atoms with Crippen molar-refractivity contribution in [2.75, 3.05) is 20.8 Å². The topological polar surface area (TPSA) is 64.7 Å². The number of ether oxygens (including phenoxy) is 2. The van der Waals surface area contributed by atoms with Crippen LogP contribution in [-0.2, 0) is 9.47 Å². The molecule has 0 saturated heterocycles. The van der Waals surface area contributed by atoms with Gasteiger partial charge in [-0.2, -0.15) is 0 Å². The monoisotopic (exact) mass is 219 g/mol. The van der Waals surface area contributed by atoms with Crippen molar-refractivity contribution in [2.45, 2.75) is 45.5 Å². The molecule has 92 valence electrons. The number of hydrogen-bond acceptors (Lipinski definition) is 4. The quantitative estimate of drug-likeness (QED) is 0.630. The summed E-state index contributed by atoms with van der Waals surface area (Å²) < 4.78 is 10.2. The van der Waals surface area contributed by atoms with Crippen LogP contribution in [0.25, 0.3) is 0 Å². The second-order valence-electron chi connectivity index (χ2n) is 4.50. The van der Waals surface area contributed by atoms with E-state index >= 15 is 0 Å². The summed E-state index contributed by atoms with van der Waals surface area (Å²) in [6.45, 7) is 6.23. The van der Waals surface area contributed by atoms with Gasteiger partial charge in [0.1, 0.15) is 0 Å². The molecule has 0 radical (unpaired) electrons. The summed E-state index contributed by atoms with van der Waals surface area (Å²) >= 11 is 0. The highest BCUT2D eigenvalue weighted by Crippen LogP contribution is 2.37. The third-order valence-corrected chi connectivity index (χ3v) is 3.62. The van der Waals surface area contributed by atoms with Crippen LogP contribution in [0.1, 0.15) is 33.6 Å². The summed E-state index contributed by atoms with van der Waals surface area (Å²) in [5.41, 5.74) is 4.51. The summed E-state index contributed by atoms with van der Waals surface area (Å²) in [5.74, 6) is 0. The Bertz CT molecular complexity index is 175. The molecule has 0 amide bonds. The fourth-order valence-electron chi connectivity index (χ4n) is 1.58. The van der Waals surface area contributed by atoms with Gasteiger partial charge in [0.25, 0.3) is 0 Å². The SMILES string of the molecule is CCC(C)(CN)C(C)(O)CC(OC)OC. The van der Waals surface area contributed by atoms with Crippen LogP contribution in [0, 0.1) is 5.41 Å². The van der Waals surface area contributed by atoms with Gasteiger partial charge >= 0.3 is 0 Å². The molecule has 0 heterocycles. The molecular weight excluding hydrogens is 194 g/mol. The standard InChI is InChI=1S/C11H25NO3/c1-6-10(2,8-12)11(3,13)7-9(14-4)15-5/h9,13H,6-8,12H2,1-5H3. The highest BCUT2D eigenvalue weighted by atomic mass is 16.7. The first-order chi connectivity index (χ1) is 6.86. The normalized spacial score (nSPS) is 20.0. The lowest BCUT2D eigenvalue weighted by atomic mass is 9.70. The maximum atomic E-state index is 10.4. The van der Waals surface area contributed by atoms with Crippen molar-refractivity contribution in [3.05, 3.63) is 0 Å². The predicted octanol–water partition coefficient (Wildman–Crippen LogP) is 1.12. The van der Waals surface area contributed by atoms with Crippen molar-refractivity contribution in [3.63, 3.8) is 0 Å². The van der Waals surface area contributed by atoms with Crippen molar-refractivity contribution in [2.24, 2.45) is 11.1 Å². The smallest absolute Gasteiger partial charge is 0.159 e. The van der Waals surface area contributed by atoms with Gasteiger partial charge in [-0.05, 0) is 13.3 Å². The van der Waals surface area contributed by atoms with E-state index in [2.05, 4.69) is 0 Å². The summed E-state index contributed by atoms with van der Waals surface area (Å²) in [6, 6.07) is 0. The minimum atomic E-state index is -0.896. The Morgan fingerprint density at radius 1 is 1.27 bits per heavy atom. The first-order valence-corrected chi connectivity index (χ1v) is 5.35. The van der Waals surface area contributed by atoms with Crippen LogP contribution in [0.5, 0.6) is 0 Å².